The van der Waals surface area contributed by atoms with E-state index in [2.05, 4.69) is 42.8 Å². The third-order valence-electron chi connectivity index (χ3n) is 3.28. The molecule has 0 aromatic heterocycles. The van der Waals surface area contributed by atoms with Gasteiger partial charge < -0.3 is 5.11 Å². The predicted molar refractivity (Wildman–Crippen MR) is 93.7 cm³/mol. The Morgan fingerprint density at radius 2 is 1.61 bits per heavy atom. The van der Waals surface area contributed by atoms with Gasteiger partial charge in [-0.1, -0.05) is 43.8 Å². The summed E-state index contributed by atoms with van der Waals surface area (Å²) in [5.74, 6) is 10.2. The molecule has 0 saturated carbocycles. The number of halogens is 1. The monoisotopic (exact) mass is 320 g/mol. The van der Waals surface area contributed by atoms with E-state index in [1.165, 1.54) is 25.7 Å². The van der Waals surface area contributed by atoms with Gasteiger partial charge in [0.25, 0.3) is 0 Å². The number of unbranched alkanes of at least 4 members (excludes halogenated alkanes) is 6. The molecular weight excluding hydrogens is 291 g/mol. The SMILES string of the molecule is CCCCCC=CCCCCC#CCC#CCCC(F)C(=O)O. The number of allylic oxidation sites excluding steroid dienone is 2. The number of hydrogen-bond acceptors (Lipinski definition) is 1. The summed E-state index contributed by atoms with van der Waals surface area (Å²) in [4.78, 5) is 10.2. The maximum absolute atomic E-state index is 12.7. The molecular formula is C20H29FO2. The zero-order valence-corrected chi connectivity index (χ0v) is 14.2. The lowest BCUT2D eigenvalue weighted by molar-refractivity contribution is -0.142. The summed E-state index contributed by atoms with van der Waals surface area (Å²) in [6.45, 7) is 2.22. The Labute approximate surface area is 140 Å². The summed E-state index contributed by atoms with van der Waals surface area (Å²) in [6.07, 6.45) is 12.8. The van der Waals surface area contributed by atoms with Crippen LogP contribution in [-0.4, -0.2) is 17.2 Å². The molecule has 0 aromatic rings. The van der Waals surface area contributed by atoms with Crippen molar-refractivity contribution < 1.29 is 14.3 Å². The van der Waals surface area contributed by atoms with E-state index in [-0.39, 0.29) is 12.8 Å². The van der Waals surface area contributed by atoms with Crippen molar-refractivity contribution in [3.63, 3.8) is 0 Å². The molecule has 1 unspecified atom stereocenters. The number of rotatable bonds is 11. The number of aliphatic carboxylic acids is 1. The molecule has 0 aliphatic heterocycles. The van der Waals surface area contributed by atoms with E-state index < -0.39 is 12.1 Å². The van der Waals surface area contributed by atoms with Crippen molar-refractivity contribution in [3.05, 3.63) is 12.2 Å². The first-order valence-electron chi connectivity index (χ1n) is 8.61. The number of alkyl halides is 1. The molecule has 2 nitrogen and oxygen atoms in total. The van der Waals surface area contributed by atoms with Crippen LogP contribution in [0, 0.1) is 23.7 Å². The molecule has 0 aromatic carbocycles. The number of carbonyl (C=O) groups is 1. The van der Waals surface area contributed by atoms with E-state index in [1.54, 1.807) is 0 Å². The average Bonchev–Trinajstić information content (AvgIpc) is 2.54. The van der Waals surface area contributed by atoms with E-state index in [0.29, 0.717) is 6.42 Å². The highest BCUT2D eigenvalue weighted by molar-refractivity contribution is 5.71. The Bertz CT molecular complexity index is 446. The molecule has 0 bridgehead atoms. The summed E-state index contributed by atoms with van der Waals surface area (Å²) >= 11 is 0. The third kappa shape index (κ3) is 16.5. The second-order valence-electron chi connectivity index (χ2n) is 5.44. The number of carboxylic acids is 1. The fourth-order valence-corrected chi connectivity index (χ4v) is 1.89. The molecule has 0 spiro atoms. The van der Waals surface area contributed by atoms with Gasteiger partial charge in [-0.25, -0.2) is 9.18 Å². The lowest BCUT2D eigenvalue weighted by Gasteiger charge is -1.96. The molecule has 23 heavy (non-hydrogen) atoms. The van der Waals surface area contributed by atoms with Crippen LogP contribution >= 0.6 is 0 Å². The highest BCUT2D eigenvalue weighted by atomic mass is 19.1. The molecule has 128 valence electrons. The fraction of sp³-hybridized carbons (Fsp3) is 0.650. The first-order valence-corrected chi connectivity index (χ1v) is 8.61. The minimum absolute atomic E-state index is 0.0538. The molecule has 0 radical (unpaired) electrons. The predicted octanol–water partition coefficient (Wildman–Crippen LogP) is 5.28. The van der Waals surface area contributed by atoms with Gasteiger partial charge in [-0.3, -0.25) is 0 Å². The van der Waals surface area contributed by atoms with Gasteiger partial charge in [0, 0.05) is 19.3 Å². The van der Waals surface area contributed by atoms with Crippen LogP contribution in [0.3, 0.4) is 0 Å². The lowest BCUT2D eigenvalue weighted by atomic mass is 10.1. The Hall–Kier alpha value is -1.74. The number of hydrogen-bond donors (Lipinski definition) is 1. The molecule has 0 saturated heterocycles. The smallest absolute Gasteiger partial charge is 0.338 e. The second kappa shape index (κ2) is 16.6. The second-order valence-corrected chi connectivity index (χ2v) is 5.44. The van der Waals surface area contributed by atoms with Gasteiger partial charge in [-0.2, -0.15) is 0 Å². The van der Waals surface area contributed by atoms with Crippen LogP contribution in [-0.2, 0) is 4.79 Å². The average molecular weight is 320 g/mol. The Morgan fingerprint density at radius 1 is 1.00 bits per heavy atom. The van der Waals surface area contributed by atoms with Gasteiger partial charge in [-0.05, 0) is 32.1 Å². The van der Waals surface area contributed by atoms with Crippen LogP contribution in [0.5, 0.6) is 0 Å². The van der Waals surface area contributed by atoms with Crippen LogP contribution in [0.1, 0.15) is 77.6 Å². The van der Waals surface area contributed by atoms with Gasteiger partial charge in [0.15, 0.2) is 6.17 Å². The minimum atomic E-state index is -1.81. The zero-order chi connectivity index (χ0) is 17.2. The summed E-state index contributed by atoms with van der Waals surface area (Å²) in [5.41, 5.74) is 0. The van der Waals surface area contributed by atoms with Crippen molar-refractivity contribution in [2.45, 2.75) is 83.7 Å². The lowest BCUT2D eigenvalue weighted by Crippen LogP contribution is -2.13. The van der Waals surface area contributed by atoms with Crippen LogP contribution in [0.4, 0.5) is 4.39 Å². The van der Waals surface area contributed by atoms with Gasteiger partial charge >= 0.3 is 5.97 Å². The summed E-state index contributed by atoms with van der Waals surface area (Å²) in [5, 5.41) is 8.36. The van der Waals surface area contributed by atoms with Crippen molar-refractivity contribution in [2.24, 2.45) is 0 Å². The van der Waals surface area contributed by atoms with Crippen LogP contribution < -0.4 is 0 Å². The Morgan fingerprint density at radius 3 is 2.22 bits per heavy atom. The van der Waals surface area contributed by atoms with Crippen LogP contribution in [0.2, 0.25) is 0 Å². The maximum atomic E-state index is 12.7. The molecule has 0 aliphatic carbocycles. The quantitative estimate of drug-likeness (QED) is 0.319. The normalized spacial score (nSPS) is 11.4. The Balaban J connectivity index is 3.45. The summed E-state index contributed by atoms with van der Waals surface area (Å²) in [6, 6.07) is 0. The maximum Gasteiger partial charge on any atom is 0.338 e. The zero-order valence-electron chi connectivity index (χ0n) is 14.2. The largest absolute Gasteiger partial charge is 0.479 e. The molecule has 0 amide bonds. The van der Waals surface area contributed by atoms with E-state index in [4.69, 9.17) is 5.11 Å². The minimum Gasteiger partial charge on any atom is -0.479 e. The van der Waals surface area contributed by atoms with Crippen molar-refractivity contribution in [2.75, 3.05) is 0 Å². The van der Waals surface area contributed by atoms with Crippen molar-refractivity contribution >= 4 is 5.97 Å². The van der Waals surface area contributed by atoms with E-state index in [9.17, 15) is 9.18 Å². The third-order valence-corrected chi connectivity index (χ3v) is 3.28. The summed E-state index contributed by atoms with van der Waals surface area (Å²) in [7, 11) is 0. The number of carboxylic acid groups (broad SMARTS) is 1. The topological polar surface area (TPSA) is 37.3 Å². The van der Waals surface area contributed by atoms with Gasteiger partial charge in [0.05, 0.1) is 6.42 Å². The molecule has 3 heteroatoms. The molecule has 0 rings (SSSR count). The van der Waals surface area contributed by atoms with Gasteiger partial charge in [-0.15, -0.1) is 11.8 Å². The molecule has 0 heterocycles. The Kier molecular flexibility index (Phi) is 15.4. The van der Waals surface area contributed by atoms with Gasteiger partial charge in [0.1, 0.15) is 0 Å². The van der Waals surface area contributed by atoms with Crippen LogP contribution in [0.25, 0.3) is 0 Å². The van der Waals surface area contributed by atoms with Gasteiger partial charge in [0.2, 0.25) is 0 Å². The standard InChI is InChI=1S/C20H29FO2/c1-2-3-4-5-6-7-8-9-10-11-12-13-14-15-16-17-18-19(21)20(22)23/h6-7,19H,2-5,8-11,14,17-18H2,1H3,(H,22,23). The van der Waals surface area contributed by atoms with Crippen LogP contribution in [0.15, 0.2) is 12.2 Å². The van der Waals surface area contributed by atoms with E-state index >= 15 is 0 Å². The fourth-order valence-electron chi connectivity index (χ4n) is 1.89. The first kappa shape index (κ1) is 21.3. The first-order chi connectivity index (χ1) is 11.2. The summed E-state index contributed by atoms with van der Waals surface area (Å²) < 4.78 is 12.7. The molecule has 1 atom stereocenters. The highest BCUT2D eigenvalue weighted by Crippen LogP contribution is 2.03. The molecule has 0 fully saturated rings. The molecule has 0 aliphatic rings. The van der Waals surface area contributed by atoms with E-state index in [1.807, 2.05) is 0 Å². The van der Waals surface area contributed by atoms with E-state index in [0.717, 1.165) is 25.7 Å². The molecule has 1 N–H and O–H groups in total. The highest BCUT2D eigenvalue weighted by Gasteiger charge is 2.13. The van der Waals surface area contributed by atoms with Crippen molar-refractivity contribution in [1.29, 1.82) is 0 Å². The van der Waals surface area contributed by atoms with Crippen molar-refractivity contribution in [1.82, 2.24) is 0 Å². The van der Waals surface area contributed by atoms with Crippen molar-refractivity contribution in [3.8, 4) is 23.7 Å².